The van der Waals surface area contributed by atoms with E-state index in [1.54, 1.807) is 38.4 Å². The predicted octanol–water partition coefficient (Wildman–Crippen LogP) is 5.90. The minimum Gasteiger partial charge on any atom is -0.404 e. The van der Waals surface area contributed by atoms with Gasteiger partial charge in [0.05, 0.1) is 46.1 Å². The standard InChI is InChI=1S/C26H33FN6O2S.C4H6/c1-6-18(10-16(2)27)22-14-30-25(36-22)20(12-28)24(35)32-21-11-19(13-29-17(21)3)31-23(34)15-33-9-7-8-26(33,4)5;1-3-4-2/h6,10-14H,7-9,15,28H2,1-5H3,(H,31,34)(H,32,35);1H,4H2,2H3/b16-10+,18-6+,20-12-;. The lowest BCUT2D eigenvalue weighted by molar-refractivity contribution is -0.118. The van der Waals surface area contributed by atoms with Crippen LogP contribution < -0.4 is 16.4 Å². The van der Waals surface area contributed by atoms with Crippen LogP contribution >= 0.6 is 11.3 Å². The fourth-order valence-electron chi connectivity index (χ4n) is 4.04. The van der Waals surface area contributed by atoms with Crippen molar-refractivity contribution in [1.29, 1.82) is 0 Å². The SMILES string of the molecule is C#CCC.C/C=C(\C=C(/C)F)c1cnc(/C(=C\N)C(=O)Nc2cc(NC(=O)CN3CCCC3(C)C)cnc2C)s1. The average molecular weight is 567 g/mol. The average Bonchev–Trinajstić information content (AvgIpc) is 3.51. The molecule has 10 heteroatoms. The summed E-state index contributed by atoms with van der Waals surface area (Å²) in [5.41, 5.74) is 8.12. The lowest BCUT2D eigenvalue weighted by atomic mass is 10.0. The highest BCUT2D eigenvalue weighted by atomic mass is 32.1. The third-order valence-electron chi connectivity index (χ3n) is 6.33. The van der Waals surface area contributed by atoms with Gasteiger partial charge in [-0.15, -0.1) is 23.7 Å². The molecule has 0 aromatic carbocycles. The van der Waals surface area contributed by atoms with E-state index in [1.165, 1.54) is 30.5 Å². The van der Waals surface area contributed by atoms with Crippen LogP contribution in [0.25, 0.3) is 11.1 Å². The van der Waals surface area contributed by atoms with E-state index in [9.17, 15) is 14.0 Å². The number of rotatable bonds is 8. The van der Waals surface area contributed by atoms with Crippen molar-refractivity contribution in [1.82, 2.24) is 14.9 Å². The summed E-state index contributed by atoms with van der Waals surface area (Å²) in [5, 5.41) is 6.09. The number of halogens is 1. The van der Waals surface area contributed by atoms with Gasteiger partial charge in [0.15, 0.2) is 0 Å². The Morgan fingerprint density at radius 2 is 2.00 bits per heavy atom. The number of nitrogens with zero attached hydrogens (tertiary/aromatic N) is 3. The van der Waals surface area contributed by atoms with Crippen LogP contribution in [0.3, 0.4) is 0 Å². The number of nitrogens with two attached hydrogens (primary N) is 1. The van der Waals surface area contributed by atoms with Crippen LogP contribution in [0.4, 0.5) is 15.8 Å². The number of carbonyl (C=O) groups is 2. The highest BCUT2D eigenvalue weighted by Gasteiger charge is 2.32. The molecule has 0 unspecified atom stereocenters. The Kier molecular flexibility index (Phi) is 12.2. The van der Waals surface area contributed by atoms with Crippen molar-refractivity contribution in [3.05, 3.63) is 58.2 Å². The molecule has 8 nitrogen and oxygen atoms in total. The van der Waals surface area contributed by atoms with Gasteiger partial charge >= 0.3 is 0 Å². The number of amides is 2. The Bertz CT molecular complexity index is 1330. The molecule has 0 saturated carbocycles. The molecule has 3 rings (SSSR count). The number of anilines is 2. The number of carbonyl (C=O) groups excluding carboxylic acids is 2. The summed E-state index contributed by atoms with van der Waals surface area (Å²) in [6.45, 7) is 12.3. The second-order valence-electron chi connectivity index (χ2n) is 9.84. The summed E-state index contributed by atoms with van der Waals surface area (Å²) in [6, 6.07) is 1.67. The normalized spacial score (nSPS) is 15.6. The van der Waals surface area contributed by atoms with Gasteiger partial charge in [-0.3, -0.25) is 19.5 Å². The van der Waals surface area contributed by atoms with Crippen molar-refractivity contribution in [3.8, 4) is 12.3 Å². The fraction of sp³-hybridized carbons (Fsp3) is 0.400. The van der Waals surface area contributed by atoms with Crippen molar-refractivity contribution in [2.75, 3.05) is 23.7 Å². The second kappa shape index (κ2) is 15.1. The minimum absolute atomic E-state index is 0.00265. The summed E-state index contributed by atoms with van der Waals surface area (Å²) in [6.07, 6.45) is 15.3. The van der Waals surface area contributed by atoms with Crippen molar-refractivity contribution in [2.24, 2.45) is 5.73 Å². The molecule has 0 bridgehead atoms. The number of thiazole rings is 1. The Morgan fingerprint density at radius 1 is 1.30 bits per heavy atom. The van der Waals surface area contributed by atoms with Crippen molar-refractivity contribution in [2.45, 2.75) is 66.3 Å². The first-order valence-corrected chi connectivity index (χ1v) is 13.9. The molecule has 1 fully saturated rings. The van der Waals surface area contributed by atoms with Gasteiger partial charge in [-0.25, -0.2) is 9.37 Å². The van der Waals surface area contributed by atoms with Gasteiger partial charge in [0.1, 0.15) is 5.01 Å². The number of aryl methyl sites for hydroxylation is 1. The summed E-state index contributed by atoms with van der Waals surface area (Å²) in [4.78, 5) is 37.2. The molecule has 0 aliphatic carbocycles. The predicted molar refractivity (Wildman–Crippen MR) is 163 cm³/mol. The molecule has 3 heterocycles. The number of pyridine rings is 1. The van der Waals surface area contributed by atoms with Crippen molar-refractivity contribution >= 4 is 45.7 Å². The molecule has 1 aliphatic heterocycles. The molecule has 4 N–H and O–H groups in total. The van der Waals surface area contributed by atoms with E-state index >= 15 is 0 Å². The summed E-state index contributed by atoms with van der Waals surface area (Å²) in [5.74, 6) is 1.50. The second-order valence-corrected chi connectivity index (χ2v) is 10.9. The Labute approximate surface area is 240 Å². The highest BCUT2D eigenvalue weighted by molar-refractivity contribution is 7.14. The molecule has 0 radical (unpaired) electrons. The van der Waals surface area contributed by atoms with E-state index < -0.39 is 5.91 Å². The minimum atomic E-state index is -0.468. The third kappa shape index (κ3) is 9.14. The summed E-state index contributed by atoms with van der Waals surface area (Å²) in [7, 11) is 0. The number of aromatic nitrogens is 2. The van der Waals surface area contributed by atoms with Gasteiger partial charge in [0, 0.05) is 24.4 Å². The topological polar surface area (TPSA) is 113 Å². The molecule has 2 amide bonds. The lowest BCUT2D eigenvalue weighted by Crippen LogP contribution is -2.42. The monoisotopic (exact) mass is 566 g/mol. The maximum absolute atomic E-state index is 13.4. The van der Waals surface area contributed by atoms with Crippen LogP contribution in [-0.4, -0.2) is 45.3 Å². The highest BCUT2D eigenvalue weighted by Crippen LogP contribution is 2.30. The molecule has 1 saturated heterocycles. The van der Waals surface area contributed by atoms with E-state index in [-0.39, 0.29) is 22.8 Å². The zero-order valence-corrected chi connectivity index (χ0v) is 24.9. The Balaban J connectivity index is 0.00000131. The van der Waals surface area contributed by atoms with E-state index in [2.05, 4.69) is 45.3 Å². The number of hydrogen-bond acceptors (Lipinski definition) is 7. The Morgan fingerprint density at radius 3 is 2.55 bits per heavy atom. The number of terminal acetylenes is 1. The van der Waals surface area contributed by atoms with Crippen molar-refractivity contribution < 1.29 is 14.0 Å². The van der Waals surface area contributed by atoms with E-state index in [4.69, 9.17) is 12.2 Å². The quantitative estimate of drug-likeness (QED) is 0.208. The van der Waals surface area contributed by atoms with Gasteiger partial charge in [-0.05, 0) is 71.7 Å². The molecular weight excluding hydrogens is 527 g/mol. The maximum Gasteiger partial charge on any atom is 0.260 e. The first-order chi connectivity index (χ1) is 18.9. The number of likely N-dealkylation sites (tertiary alicyclic amines) is 1. The number of nitrogens with one attached hydrogen (secondary N) is 2. The molecule has 0 atom stereocenters. The third-order valence-corrected chi connectivity index (χ3v) is 7.41. The number of allylic oxidation sites excluding steroid dienone is 4. The fourth-order valence-corrected chi connectivity index (χ4v) is 5.02. The van der Waals surface area contributed by atoms with E-state index in [1.807, 2.05) is 6.92 Å². The van der Waals surface area contributed by atoms with Gasteiger partial charge < -0.3 is 16.4 Å². The first-order valence-electron chi connectivity index (χ1n) is 13.1. The van der Waals surface area contributed by atoms with Crippen LogP contribution in [0.2, 0.25) is 0 Å². The van der Waals surface area contributed by atoms with E-state index in [0.717, 1.165) is 25.8 Å². The lowest BCUT2D eigenvalue weighted by Gasteiger charge is -2.30. The zero-order chi connectivity index (χ0) is 29.9. The van der Waals surface area contributed by atoms with Gasteiger partial charge in [-0.2, -0.15) is 0 Å². The molecule has 0 spiro atoms. The largest absolute Gasteiger partial charge is 0.404 e. The van der Waals surface area contributed by atoms with Gasteiger partial charge in [-0.1, -0.05) is 13.0 Å². The number of hydrogen-bond donors (Lipinski definition) is 3. The van der Waals surface area contributed by atoms with Gasteiger partial charge in [0.2, 0.25) is 5.91 Å². The van der Waals surface area contributed by atoms with Crippen molar-refractivity contribution in [3.63, 3.8) is 0 Å². The maximum atomic E-state index is 13.4. The van der Waals surface area contributed by atoms with Crippen LogP contribution in [0, 0.1) is 19.3 Å². The van der Waals surface area contributed by atoms with Crippen LogP contribution in [0.15, 0.2) is 42.6 Å². The van der Waals surface area contributed by atoms with Crippen LogP contribution in [0.5, 0.6) is 0 Å². The smallest absolute Gasteiger partial charge is 0.260 e. The summed E-state index contributed by atoms with van der Waals surface area (Å²) >= 11 is 1.23. The molecule has 214 valence electrons. The van der Waals surface area contributed by atoms with Crippen LogP contribution in [0.1, 0.15) is 69.5 Å². The molecule has 40 heavy (non-hydrogen) atoms. The zero-order valence-electron chi connectivity index (χ0n) is 24.1. The van der Waals surface area contributed by atoms with Crippen LogP contribution in [-0.2, 0) is 9.59 Å². The first kappa shape index (κ1) is 32.4. The molecule has 2 aromatic rings. The summed E-state index contributed by atoms with van der Waals surface area (Å²) < 4.78 is 13.4. The van der Waals surface area contributed by atoms with E-state index in [0.29, 0.717) is 39.1 Å². The van der Waals surface area contributed by atoms with Gasteiger partial charge in [0.25, 0.3) is 5.91 Å². The Hall–Kier alpha value is -3.81. The molecular formula is C30H39FN6O2S. The molecule has 2 aromatic heterocycles. The molecule has 1 aliphatic rings.